The lowest BCUT2D eigenvalue weighted by Crippen LogP contribution is -2.52. The summed E-state index contributed by atoms with van der Waals surface area (Å²) in [7, 11) is 0. The standard InChI is InChI=1S/C16H25N3O/c1-16(2)8-4-9-17-14(16)11-18-15(20)13-5-3-10-19(13)12-6-7-12/h3,5,10,12,14,17H,4,6-9,11H2,1-2H3,(H,18,20). The van der Waals surface area contributed by atoms with Crippen LogP contribution >= 0.6 is 0 Å². The van der Waals surface area contributed by atoms with Gasteiger partial charge in [0.05, 0.1) is 0 Å². The Hall–Kier alpha value is -1.29. The Morgan fingerprint density at radius 3 is 3.00 bits per heavy atom. The Bertz CT molecular complexity index is 488. The van der Waals surface area contributed by atoms with Crippen LogP contribution in [0.1, 0.15) is 56.1 Å². The number of amides is 1. The number of aromatic nitrogens is 1. The van der Waals surface area contributed by atoms with E-state index in [1.807, 2.05) is 18.3 Å². The Morgan fingerprint density at radius 1 is 1.50 bits per heavy atom. The van der Waals surface area contributed by atoms with E-state index in [0.29, 0.717) is 18.6 Å². The first kappa shape index (κ1) is 13.7. The highest BCUT2D eigenvalue weighted by Crippen LogP contribution is 2.36. The number of piperidine rings is 1. The van der Waals surface area contributed by atoms with E-state index in [9.17, 15) is 4.79 Å². The van der Waals surface area contributed by atoms with Gasteiger partial charge in [-0.1, -0.05) is 13.8 Å². The topological polar surface area (TPSA) is 46.1 Å². The molecule has 0 bridgehead atoms. The van der Waals surface area contributed by atoms with Crippen LogP contribution in [-0.4, -0.2) is 29.6 Å². The van der Waals surface area contributed by atoms with Crippen LogP contribution in [0, 0.1) is 5.41 Å². The molecule has 4 heteroatoms. The van der Waals surface area contributed by atoms with Crippen molar-refractivity contribution in [2.24, 2.45) is 5.41 Å². The SMILES string of the molecule is CC1(C)CCCNC1CNC(=O)c1cccn1C1CC1. The van der Waals surface area contributed by atoms with Crippen LogP contribution < -0.4 is 10.6 Å². The number of carbonyl (C=O) groups excluding carboxylic acids is 1. The highest BCUT2D eigenvalue weighted by atomic mass is 16.1. The van der Waals surface area contributed by atoms with Gasteiger partial charge < -0.3 is 15.2 Å². The molecule has 2 aliphatic rings. The second kappa shape index (κ2) is 5.24. The van der Waals surface area contributed by atoms with Gasteiger partial charge in [0, 0.05) is 24.8 Å². The third kappa shape index (κ3) is 2.75. The maximum Gasteiger partial charge on any atom is 0.267 e. The van der Waals surface area contributed by atoms with E-state index in [1.165, 1.54) is 25.7 Å². The third-order valence-corrected chi connectivity index (χ3v) is 4.75. The van der Waals surface area contributed by atoms with Crippen LogP contribution in [0.5, 0.6) is 0 Å². The average Bonchev–Trinajstić information content (AvgIpc) is 3.14. The minimum absolute atomic E-state index is 0.0603. The van der Waals surface area contributed by atoms with Crippen LogP contribution in [-0.2, 0) is 0 Å². The number of nitrogens with zero attached hydrogens (tertiary/aromatic N) is 1. The lowest BCUT2D eigenvalue weighted by molar-refractivity contribution is 0.0919. The largest absolute Gasteiger partial charge is 0.349 e. The number of carbonyl (C=O) groups is 1. The fraction of sp³-hybridized carbons (Fsp3) is 0.688. The number of hydrogen-bond donors (Lipinski definition) is 2. The molecule has 1 aliphatic heterocycles. The molecule has 1 saturated carbocycles. The molecule has 1 aliphatic carbocycles. The van der Waals surface area contributed by atoms with Gasteiger partial charge in [0.2, 0.25) is 0 Å². The van der Waals surface area contributed by atoms with Crippen molar-refractivity contribution in [1.29, 1.82) is 0 Å². The molecule has 1 unspecified atom stereocenters. The summed E-state index contributed by atoms with van der Waals surface area (Å²) >= 11 is 0. The summed E-state index contributed by atoms with van der Waals surface area (Å²) in [5.41, 5.74) is 1.06. The summed E-state index contributed by atoms with van der Waals surface area (Å²) in [6, 6.07) is 4.81. The zero-order valence-corrected chi connectivity index (χ0v) is 12.5. The summed E-state index contributed by atoms with van der Waals surface area (Å²) in [6.07, 6.45) is 6.87. The van der Waals surface area contributed by atoms with Gasteiger partial charge in [-0.15, -0.1) is 0 Å². The molecule has 4 nitrogen and oxygen atoms in total. The van der Waals surface area contributed by atoms with E-state index in [0.717, 1.165) is 12.2 Å². The molecular weight excluding hydrogens is 250 g/mol. The molecule has 1 aromatic heterocycles. The molecule has 1 atom stereocenters. The maximum atomic E-state index is 12.4. The number of nitrogens with one attached hydrogen (secondary N) is 2. The quantitative estimate of drug-likeness (QED) is 0.886. The van der Waals surface area contributed by atoms with Crippen molar-refractivity contribution < 1.29 is 4.79 Å². The van der Waals surface area contributed by atoms with E-state index in [4.69, 9.17) is 0 Å². The second-order valence-corrected chi connectivity index (χ2v) is 6.84. The van der Waals surface area contributed by atoms with Crippen molar-refractivity contribution in [1.82, 2.24) is 15.2 Å². The first-order valence-corrected chi connectivity index (χ1v) is 7.76. The second-order valence-electron chi connectivity index (χ2n) is 6.84. The molecule has 0 spiro atoms. The van der Waals surface area contributed by atoms with Crippen LogP contribution in [0.25, 0.3) is 0 Å². The summed E-state index contributed by atoms with van der Waals surface area (Å²) < 4.78 is 2.12. The zero-order chi connectivity index (χ0) is 14.2. The van der Waals surface area contributed by atoms with Crippen molar-refractivity contribution >= 4 is 5.91 Å². The fourth-order valence-corrected chi connectivity index (χ4v) is 3.16. The molecule has 0 radical (unpaired) electrons. The van der Waals surface area contributed by atoms with Gasteiger partial charge in [0.1, 0.15) is 5.69 Å². The lowest BCUT2D eigenvalue weighted by atomic mass is 9.77. The summed E-state index contributed by atoms with van der Waals surface area (Å²) in [5, 5.41) is 6.65. The number of hydrogen-bond acceptors (Lipinski definition) is 2. The van der Waals surface area contributed by atoms with Gasteiger partial charge in [-0.2, -0.15) is 0 Å². The highest BCUT2D eigenvalue weighted by molar-refractivity contribution is 5.92. The van der Waals surface area contributed by atoms with Gasteiger partial charge in [-0.3, -0.25) is 4.79 Å². The molecular formula is C16H25N3O. The van der Waals surface area contributed by atoms with Crippen LogP contribution in [0.15, 0.2) is 18.3 Å². The first-order valence-electron chi connectivity index (χ1n) is 7.76. The van der Waals surface area contributed by atoms with E-state index < -0.39 is 0 Å². The van der Waals surface area contributed by atoms with Crippen molar-refractivity contribution in [3.63, 3.8) is 0 Å². The van der Waals surface area contributed by atoms with Crippen LogP contribution in [0.2, 0.25) is 0 Å². The molecule has 110 valence electrons. The van der Waals surface area contributed by atoms with Gasteiger partial charge in [0.25, 0.3) is 5.91 Å². The lowest BCUT2D eigenvalue weighted by Gasteiger charge is -2.39. The highest BCUT2D eigenvalue weighted by Gasteiger charge is 2.32. The van der Waals surface area contributed by atoms with E-state index in [2.05, 4.69) is 29.0 Å². The third-order valence-electron chi connectivity index (χ3n) is 4.75. The Morgan fingerprint density at radius 2 is 2.30 bits per heavy atom. The Labute approximate surface area is 120 Å². The summed E-state index contributed by atoms with van der Waals surface area (Å²) in [5.74, 6) is 0.0603. The fourth-order valence-electron chi connectivity index (χ4n) is 3.16. The predicted molar refractivity (Wildman–Crippen MR) is 79.8 cm³/mol. The normalized spacial score (nSPS) is 25.4. The first-order chi connectivity index (χ1) is 9.58. The maximum absolute atomic E-state index is 12.4. The number of rotatable bonds is 4. The molecule has 0 aromatic carbocycles. The van der Waals surface area contributed by atoms with Crippen LogP contribution in [0.4, 0.5) is 0 Å². The van der Waals surface area contributed by atoms with Crippen molar-refractivity contribution in [3.05, 3.63) is 24.0 Å². The molecule has 20 heavy (non-hydrogen) atoms. The van der Waals surface area contributed by atoms with E-state index in [1.54, 1.807) is 0 Å². The molecule has 2 fully saturated rings. The van der Waals surface area contributed by atoms with Crippen molar-refractivity contribution in [3.8, 4) is 0 Å². The molecule has 1 amide bonds. The van der Waals surface area contributed by atoms with E-state index in [-0.39, 0.29) is 11.3 Å². The molecule has 2 heterocycles. The van der Waals surface area contributed by atoms with E-state index >= 15 is 0 Å². The zero-order valence-electron chi connectivity index (χ0n) is 12.5. The average molecular weight is 275 g/mol. The van der Waals surface area contributed by atoms with Gasteiger partial charge in [0.15, 0.2) is 0 Å². The Kier molecular flexibility index (Phi) is 3.59. The Balaban J connectivity index is 1.60. The summed E-state index contributed by atoms with van der Waals surface area (Å²) in [4.78, 5) is 12.4. The summed E-state index contributed by atoms with van der Waals surface area (Å²) in [6.45, 7) is 6.33. The molecule has 2 N–H and O–H groups in total. The minimum Gasteiger partial charge on any atom is -0.349 e. The van der Waals surface area contributed by atoms with Gasteiger partial charge in [-0.05, 0) is 49.8 Å². The van der Waals surface area contributed by atoms with Crippen molar-refractivity contribution in [2.45, 2.75) is 51.6 Å². The predicted octanol–water partition coefficient (Wildman–Crippen LogP) is 2.33. The smallest absolute Gasteiger partial charge is 0.267 e. The molecule has 1 aromatic rings. The van der Waals surface area contributed by atoms with Gasteiger partial charge in [-0.25, -0.2) is 0 Å². The molecule has 1 saturated heterocycles. The minimum atomic E-state index is 0.0603. The monoisotopic (exact) mass is 275 g/mol. The molecule has 3 rings (SSSR count). The van der Waals surface area contributed by atoms with Crippen LogP contribution in [0.3, 0.4) is 0 Å². The van der Waals surface area contributed by atoms with Gasteiger partial charge >= 0.3 is 0 Å². The van der Waals surface area contributed by atoms with Crippen molar-refractivity contribution in [2.75, 3.05) is 13.1 Å².